The predicted molar refractivity (Wildman–Crippen MR) is 79.2 cm³/mol. The highest BCUT2D eigenvalue weighted by molar-refractivity contribution is 7.09. The third-order valence-corrected chi connectivity index (χ3v) is 5.07. The summed E-state index contributed by atoms with van der Waals surface area (Å²) in [7, 11) is 0. The Balaban J connectivity index is 1.96. The lowest BCUT2D eigenvalue weighted by molar-refractivity contribution is 0.299. The number of hydrogen-bond donors (Lipinski definition) is 1. The second-order valence-electron chi connectivity index (χ2n) is 5.55. The number of nitrogens with zero attached hydrogens (tertiary/aromatic N) is 1. The van der Waals surface area contributed by atoms with E-state index in [-0.39, 0.29) is 0 Å². The first kappa shape index (κ1) is 14.0. The highest BCUT2D eigenvalue weighted by Gasteiger charge is 2.24. The van der Waals surface area contributed by atoms with Gasteiger partial charge in [-0.2, -0.15) is 0 Å². The van der Waals surface area contributed by atoms with Crippen molar-refractivity contribution in [2.75, 3.05) is 13.1 Å². The number of hydrogen-bond acceptors (Lipinski definition) is 3. The maximum absolute atomic E-state index is 4.65. The van der Waals surface area contributed by atoms with Gasteiger partial charge in [-0.25, -0.2) is 4.98 Å². The fourth-order valence-corrected chi connectivity index (χ4v) is 3.92. The van der Waals surface area contributed by atoms with E-state index in [0.29, 0.717) is 0 Å². The Labute approximate surface area is 115 Å². The van der Waals surface area contributed by atoms with Crippen molar-refractivity contribution in [1.29, 1.82) is 0 Å². The molecule has 1 aromatic heterocycles. The van der Waals surface area contributed by atoms with Crippen molar-refractivity contribution >= 4 is 11.3 Å². The minimum Gasteiger partial charge on any atom is -0.317 e. The zero-order valence-corrected chi connectivity index (χ0v) is 12.6. The van der Waals surface area contributed by atoms with Gasteiger partial charge in [0.15, 0.2) is 0 Å². The zero-order chi connectivity index (χ0) is 12.8. The van der Waals surface area contributed by atoms with Gasteiger partial charge in [0, 0.05) is 17.5 Å². The summed E-state index contributed by atoms with van der Waals surface area (Å²) >= 11 is 1.84. The van der Waals surface area contributed by atoms with Crippen molar-refractivity contribution < 1.29 is 0 Å². The first-order valence-corrected chi connectivity index (χ1v) is 8.29. The van der Waals surface area contributed by atoms with E-state index >= 15 is 0 Å². The third-order valence-electron chi connectivity index (χ3n) is 4.08. The predicted octanol–water partition coefficient (Wildman–Crippen LogP) is 3.80. The van der Waals surface area contributed by atoms with Gasteiger partial charge in [-0.15, -0.1) is 11.3 Å². The van der Waals surface area contributed by atoms with Crippen molar-refractivity contribution in [3.05, 3.63) is 16.1 Å². The summed E-state index contributed by atoms with van der Waals surface area (Å²) in [6, 6.07) is 0. The summed E-state index contributed by atoms with van der Waals surface area (Å²) in [4.78, 5) is 4.65. The van der Waals surface area contributed by atoms with E-state index in [0.717, 1.165) is 18.4 Å². The summed E-state index contributed by atoms with van der Waals surface area (Å²) in [5, 5.41) is 7.08. The van der Waals surface area contributed by atoms with Gasteiger partial charge in [0.1, 0.15) is 0 Å². The van der Waals surface area contributed by atoms with Crippen LogP contribution in [0.15, 0.2) is 5.38 Å². The Morgan fingerprint density at radius 2 is 2.06 bits per heavy atom. The molecule has 0 saturated heterocycles. The molecule has 18 heavy (non-hydrogen) atoms. The molecule has 1 aliphatic carbocycles. The number of aryl methyl sites for hydroxylation is 1. The molecule has 102 valence electrons. The van der Waals surface area contributed by atoms with Crippen molar-refractivity contribution in [3.8, 4) is 0 Å². The molecule has 1 fully saturated rings. The monoisotopic (exact) mass is 266 g/mol. The molecule has 0 bridgehead atoms. The van der Waals surface area contributed by atoms with Crippen LogP contribution < -0.4 is 5.32 Å². The molecule has 1 saturated carbocycles. The van der Waals surface area contributed by atoms with E-state index in [1.165, 1.54) is 55.8 Å². The molecule has 1 heterocycles. The smallest absolute Gasteiger partial charge is 0.0930 e. The van der Waals surface area contributed by atoms with Crippen LogP contribution in [0, 0.1) is 18.8 Å². The lowest BCUT2D eigenvalue weighted by Crippen LogP contribution is -2.28. The molecule has 1 aromatic rings. The molecular weight excluding hydrogens is 240 g/mol. The maximum atomic E-state index is 4.65. The van der Waals surface area contributed by atoms with Gasteiger partial charge in [0.05, 0.1) is 5.01 Å². The minimum atomic E-state index is 0.845. The number of nitrogens with one attached hydrogen (secondary N) is 1. The molecule has 2 rings (SSSR count). The fraction of sp³-hybridized carbons (Fsp3) is 0.800. The summed E-state index contributed by atoms with van der Waals surface area (Å²) < 4.78 is 0. The maximum Gasteiger partial charge on any atom is 0.0930 e. The molecule has 1 N–H and O–H groups in total. The molecule has 3 heteroatoms. The quantitative estimate of drug-likeness (QED) is 0.820. The normalized spacial score (nSPS) is 25.0. The average molecular weight is 266 g/mol. The molecule has 2 atom stereocenters. The van der Waals surface area contributed by atoms with Crippen molar-refractivity contribution in [2.24, 2.45) is 11.8 Å². The van der Waals surface area contributed by atoms with Crippen LogP contribution in [0.2, 0.25) is 0 Å². The number of aromatic nitrogens is 1. The number of rotatable bonds is 5. The summed E-state index contributed by atoms with van der Waals surface area (Å²) in [5.41, 5.74) is 1.19. The van der Waals surface area contributed by atoms with E-state index in [4.69, 9.17) is 0 Å². The van der Waals surface area contributed by atoms with Gasteiger partial charge >= 0.3 is 0 Å². The minimum absolute atomic E-state index is 0.845. The standard InChI is InChI=1S/C15H26N2S/c1-3-16-10-14-8-6-4-5-7-13(14)9-15-17-12(2)11-18-15/h11,13-14,16H,3-10H2,1-2H3. The molecule has 0 amide bonds. The zero-order valence-electron chi connectivity index (χ0n) is 11.7. The van der Waals surface area contributed by atoms with E-state index < -0.39 is 0 Å². The SMILES string of the molecule is CCNCC1CCCCCC1Cc1nc(C)cs1. The van der Waals surface area contributed by atoms with Crippen LogP contribution >= 0.6 is 11.3 Å². The summed E-state index contributed by atoms with van der Waals surface area (Å²) in [5.74, 6) is 1.70. The van der Waals surface area contributed by atoms with Crippen LogP contribution in [0.4, 0.5) is 0 Å². The van der Waals surface area contributed by atoms with E-state index in [1.807, 2.05) is 11.3 Å². The second-order valence-corrected chi connectivity index (χ2v) is 6.50. The highest BCUT2D eigenvalue weighted by Crippen LogP contribution is 2.31. The van der Waals surface area contributed by atoms with Crippen LogP contribution in [0.5, 0.6) is 0 Å². The third kappa shape index (κ3) is 4.06. The van der Waals surface area contributed by atoms with Crippen LogP contribution in [0.25, 0.3) is 0 Å². The average Bonchev–Trinajstić information content (AvgIpc) is 2.64. The molecule has 1 aliphatic rings. The highest BCUT2D eigenvalue weighted by atomic mass is 32.1. The summed E-state index contributed by atoms with van der Waals surface area (Å²) in [6.07, 6.45) is 8.27. The van der Waals surface area contributed by atoms with Crippen LogP contribution in [-0.2, 0) is 6.42 Å². The van der Waals surface area contributed by atoms with Crippen molar-refractivity contribution in [1.82, 2.24) is 10.3 Å². The Kier molecular flexibility index (Phi) is 5.64. The molecule has 0 spiro atoms. The second kappa shape index (κ2) is 7.25. The van der Waals surface area contributed by atoms with Gasteiger partial charge in [-0.1, -0.05) is 26.2 Å². The Morgan fingerprint density at radius 1 is 1.28 bits per heavy atom. The molecule has 2 nitrogen and oxygen atoms in total. The Morgan fingerprint density at radius 3 is 2.72 bits per heavy atom. The molecule has 0 aliphatic heterocycles. The molecular formula is C15H26N2S. The van der Waals surface area contributed by atoms with Gasteiger partial charge in [-0.05, 0) is 44.7 Å². The molecule has 0 radical (unpaired) electrons. The first-order chi connectivity index (χ1) is 8.79. The topological polar surface area (TPSA) is 24.9 Å². The molecule has 0 aromatic carbocycles. The van der Waals surface area contributed by atoms with Crippen molar-refractivity contribution in [3.63, 3.8) is 0 Å². The van der Waals surface area contributed by atoms with Crippen molar-refractivity contribution in [2.45, 2.75) is 52.4 Å². The van der Waals surface area contributed by atoms with E-state index in [9.17, 15) is 0 Å². The Hall–Kier alpha value is -0.410. The van der Waals surface area contributed by atoms with Gasteiger partial charge in [-0.3, -0.25) is 0 Å². The van der Waals surface area contributed by atoms with Gasteiger partial charge in [0.2, 0.25) is 0 Å². The van der Waals surface area contributed by atoms with Crippen LogP contribution in [-0.4, -0.2) is 18.1 Å². The Bertz CT molecular complexity index is 348. The van der Waals surface area contributed by atoms with E-state index in [2.05, 4.69) is 29.5 Å². The fourth-order valence-electron chi connectivity index (χ4n) is 3.05. The molecule has 2 unspecified atom stereocenters. The van der Waals surface area contributed by atoms with Gasteiger partial charge in [0.25, 0.3) is 0 Å². The first-order valence-electron chi connectivity index (χ1n) is 7.41. The number of thiazole rings is 1. The lowest BCUT2D eigenvalue weighted by atomic mass is 9.85. The van der Waals surface area contributed by atoms with E-state index in [1.54, 1.807) is 0 Å². The van der Waals surface area contributed by atoms with Gasteiger partial charge < -0.3 is 5.32 Å². The summed E-state index contributed by atoms with van der Waals surface area (Å²) in [6.45, 7) is 6.60. The largest absolute Gasteiger partial charge is 0.317 e. The van der Waals surface area contributed by atoms with Crippen LogP contribution in [0.3, 0.4) is 0 Å². The van der Waals surface area contributed by atoms with Crippen LogP contribution in [0.1, 0.15) is 49.7 Å². The lowest BCUT2D eigenvalue weighted by Gasteiger charge is -2.24.